The van der Waals surface area contributed by atoms with Crippen molar-refractivity contribution in [2.24, 2.45) is 0 Å². The van der Waals surface area contributed by atoms with Crippen molar-refractivity contribution in [3.63, 3.8) is 0 Å². The number of nitrogens with one attached hydrogen (secondary N) is 2. The van der Waals surface area contributed by atoms with E-state index in [-0.39, 0.29) is 11.1 Å². The number of alkyl halides is 3. The van der Waals surface area contributed by atoms with Gasteiger partial charge in [0.1, 0.15) is 11.6 Å². The Morgan fingerprint density at radius 2 is 1.72 bits per heavy atom. The van der Waals surface area contributed by atoms with Gasteiger partial charge in [-0.25, -0.2) is 4.98 Å². The minimum absolute atomic E-state index is 0.113. The molecule has 29 heavy (non-hydrogen) atoms. The Labute approximate surface area is 170 Å². The lowest BCUT2D eigenvalue weighted by Crippen LogP contribution is -2.17. The van der Waals surface area contributed by atoms with Crippen LogP contribution in [0.25, 0.3) is 11.3 Å². The van der Waals surface area contributed by atoms with Gasteiger partial charge in [-0.2, -0.15) is 4.98 Å². The van der Waals surface area contributed by atoms with Gasteiger partial charge in [0.05, 0.1) is 10.7 Å². The maximum atomic E-state index is 12.4. The lowest BCUT2D eigenvalue weighted by atomic mass is 10.1. The number of anilines is 3. The number of halogens is 4. The van der Waals surface area contributed by atoms with Crippen LogP contribution in [0.4, 0.5) is 30.6 Å². The second-order valence-corrected chi connectivity index (χ2v) is 6.85. The van der Waals surface area contributed by atoms with E-state index in [2.05, 4.69) is 25.3 Å². The Hall–Kier alpha value is -3.00. The van der Waals surface area contributed by atoms with Gasteiger partial charge in [0.25, 0.3) is 0 Å². The Bertz CT molecular complexity index is 981. The molecule has 3 rings (SSSR count). The van der Waals surface area contributed by atoms with Crippen LogP contribution in [-0.4, -0.2) is 22.4 Å². The van der Waals surface area contributed by atoms with Crippen molar-refractivity contribution in [3.8, 4) is 17.0 Å². The lowest BCUT2D eigenvalue weighted by Gasteiger charge is -2.14. The number of aromatic nitrogens is 2. The molecule has 1 heterocycles. The van der Waals surface area contributed by atoms with Gasteiger partial charge in [0.15, 0.2) is 0 Å². The van der Waals surface area contributed by atoms with E-state index in [0.717, 1.165) is 11.6 Å². The summed E-state index contributed by atoms with van der Waals surface area (Å²) < 4.78 is 41.1. The Morgan fingerprint density at radius 3 is 2.34 bits per heavy atom. The third-order valence-electron chi connectivity index (χ3n) is 3.64. The van der Waals surface area contributed by atoms with Gasteiger partial charge in [-0.15, -0.1) is 13.2 Å². The first-order chi connectivity index (χ1) is 13.7. The Morgan fingerprint density at radius 1 is 1.00 bits per heavy atom. The maximum Gasteiger partial charge on any atom is 0.573 e. The third-order valence-corrected chi connectivity index (χ3v) is 3.94. The van der Waals surface area contributed by atoms with Crippen molar-refractivity contribution in [2.75, 3.05) is 10.6 Å². The molecule has 2 N–H and O–H groups in total. The molecule has 5 nitrogen and oxygen atoms in total. The summed E-state index contributed by atoms with van der Waals surface area (Å²) in [5.41, 5.74) is 2.05. The highest BCUT2D eigenvalue weighted by molar-refractivity contribution is 6.32. The zero-order valence-electron chi connectivity index (χ0n) is 15.6. The van der Waals surface area contributed by atoms with Gasteiger partial charge in [0, 0.05) is 23.4 Å². The molecule has 0 fully saturated rings. The molecule has 1 aromatic heterocycles. The fourth-order valence-electron chi connectivity index (χ4n) is 2.52. The summed E-state index contributed by atoms with van der Waals surface area (Å²) in [5.74, 6) is 0.411. The van der Waals surface area contributed by atoms with E-state index in [4.69, 9.17) is 11.6 Å². The van der Waals surface area contributed by atoms with Crippen molar-refractivity contribution in [3.05, 3.63) is 59.6 Å². The normalized spacial score (nSPS) is 11.4. The largest absolute Gasteiger partial charge is 0.573 e. The Kier molecular flexibility index (Phi) is 6.12. The number of hydrogen-bond donors (Lipinski definition) is 2. The summed E-state index contributed by atoms with van der Waals surface area (Å²) in [6, 6.07) is 15.3. The average Bonchev–Trinajstić information content (AvgIpc) is 2.63. The lowest BCUT2D eigenvalue weighted by molar-refractivity contribution is -0.274. The van der Waals surface area contributed by atoms with E-state index in [0.29, 0.717) is 23.1 Å². The molecule has 3 aromatic rings. The first-order valence-electron chi connectivity index (χ1n) is 8.73. The van der Waals surface area contributed by atoms with Crippen molar-refractivity contribution in [2.45, 2.75) is 26.3 Å². The fourth-order valence-corrected chi connectivity index (χ4v) is 2.74. The van der Waals surface area contributed by atoms with Gasteiger partial charge >= 0.3 is 6.36 Å². The average molecular weight is 423 g/mol. The van der Waals surface area contributed by atoms with Crippen LogP contribution < -0.4 is 15.4 Å². The van der Waals surface area contributed by atoms with E-state index in [9.17, 15) is 13.2 Å². The molecule has 0 atom stereocenters. The van der Waals surface area contributed by atoms with Crippen LogP contribution in [-0.2, 0) is 0 Å². The number of benzene rings is 2. The SMILES string of the molecule is CC(C)Nc1nc(Nc2ccc(OC(F)(F)F)c(Cl)c2)cc(-c2ccccc2)n1. The number of ether oxygens (including phenoxy) is 1. The molecular weight excluding hydrogens is 405 g/mol. The van der Waals surface area contributed by atoms with Crippen molar-refractivity contribution in [1.82, 2.24) is 9.97 Å². The number of nitrogens with zero attached hydrogens (tertiary/aromatic N) is 2. The molecule has 0 amide bonds. The standard InChI is InChI=1S/C20H18ClF3N4O/c1-12(2)25-19-27-16(13-6-4-3-5-7-13)11-18(28-19)26-14-8-9-17(15(21)10-14)29-20(22,23)24/h3-12H,1-2H3,(H2,25,26,27,28). The first kappa shape index (κ1) is 20.7. The molecule has 0 aliphatic heterocycles. The first-order valence-corrected chi connectivity index (χ1v) is 9.11. The highest BCUT2D eigenvalue weighted by Crippen LogP contribution is 2.33. The summed E-state index contributed by atoms with van der Waals surface area (Å²) in [6.07, 6.45) is -4.81. The van der Waals surface area contributed by atoms with Crippen LogP contribution in [0.2, 0.25) is 5.02 Å². The van der Waals surface area contributed by atoms with E-state index >= 15 is 0 Å². The molecule has 0 radical (unpaired) electrons. The molecule has 0 aliphatic rings. The topological polar surface area (TPSA) is 59.1 Å². The van der Waals surface area contributed by atoms with Crippen LogP contribution in [0.5, 0.6) is 5.75 Å². The molecule has 0 unspecified atom stereocenters. The van der Waals surface area contributed by atoms with Gasteiger partial charge < -0.3 is 15.4 Å². The minimum atomic E-state index is -4.81. The molecular formula is C20H18ClF3N4O. The summed E-state index contributed by atoms with van der Waals surface area (Å²) in [5, 5.41) is 6.02. The highest BCUT2D eigenvalue weighted by atomic mass is 35.5. The quantitative estimate of drug-likeness (QED) is 0.491. The Balaban J connectivity index is 1.91. The van der Waals surface area contributed by atoms with E-state index < -0.39 is 12.1 Å². The monoisotopic (exact) mass is 422 g/mol. The van der Waals surface area contributed by atoms with Crippen molar-refractivity contribution < 1.29 is 17.9 Å². The maximum absolute atomic E-state index is 12.4. The summed E-state index contributed by atoms with van der Waals surface area (Å²) in [4.78, 5) is 8.94. The smallest absolute Gasteiger partial charge is 0.404 e. The van der Waals surface area contributed by atoms with Crippen LogP contribution >= 0.6 is 11.6 Å². The van der Waals surface area contributed by atoms with Crippen LogP contribution in [0, 0.1) is 0 Å². The summed E-state index contributed by atoms with van der Waals surface area (Å²) in [7, 11) is 0. The number of rotatable bonds is 6. The molecule has 0 bridgehead atoms. The fraction of sp³-hybridized carbons (Fsp3) is 0.200. The third kappa shape index (κ3) is 5.99. The molecule has 0 saturated heterocycles. The van der Waals surface area contributed by atoms with Gasteiger partial charge in [-0.05, 0) is 32.0 Å². The van der Waals surface area contributed by atoms with Gasteiger partial charge in [-0.3, -0.25) is 0 Å². The van der Waals surface area contributed by atoms with Crippen molar-refractivity contribution >= 4 is 29.1 Å². The van der Waals surface area contributed by atoms with Gasteiger partial charge in [0.2, 0.25) is 5.95 Å². The predicted molar refractivity (Wildman–Crippen MR) is 108 cm³/mol. The second kappa shape index (κ2) is 8.57. The second-order valence-electron chi connectivity index (χ2n) is 6.45. The number of hydrogen-bond acceptors (Lipinski definition) is 5. The van der Waals surface area contributed by atoms with Crippen LogP contribution in [0.3, 0.4) is 0 Å². The zero-order chi connectivity index (χ0) is 21.0. The predicted octanol–water partition coefficient (Wildman–Crippen LogP) is 6.26. The van der Waals surface area contributed by atoms with Crippen LogP contribution in [0.1, 0.15) is 13.8 Å². The van der Waals surface area contributed by atoms with E-state index in [1.165, 1.54) is 12.1 Å². The molecule has 0 aliphatic carbocycles. The molecule has 2 aromatic carbocycles. The zero-order valence-corrected chi connectivity index (χ0v) is 16.3. The molecule has 0 saturated carbocycles. The van der Waals surface area contributed by atoms with E-state index in [1.54, 1.807) is 6.07 Å². The van der Waals surface area contributed by atoms with E-state index in [1.807, 2.05) is 44.2 Å². The van der Waals surface area contributed by atoms with Crippen LogP contribution in [0.15, 0.2) is 54.6 Å². The molecule has 152 valence electrons. The molecule has 9 heteroatoms. The van der Waals surface area contributed by atoms with Crippen molar-refractivity contribution in [1.29, 1.82) is 0 Å². The highest BCUT2D eigenvalue weighted by Gasteiger charge is 2.32. The van der Waals surface area contributed by atoms with Gasteiger partial charge in [-0.1, -0.05) is 41.9 Å². The minimum Gasteiger partial charge on any atom is -0.404 e. The summed E-state index contributed by atoms with van der Waals surface area (Å²) in [6.45, 7) is 3.93. The summed E-state index contributed by atoms with van der Waals surface area (Å²) >= 11 is 5.92. The molecule has 0 spiro atoms.